The van der Waals surface area contributed by atoms with Crippen molar-refractivity contribution >= 4 is 12.1 Å². The number of Topliss-reactive ketones (excluding diaryl/α,β-unsaturated/α-hetero) is 1. The summed E-state index contributed by atoms with van der Waals surface area (Å²) in [6.07, 6.45) is 3.02. The van der Waals surface area contributed by atoms with Crippen molar-refractivity contribution in [3.63, 3.8) is 0 Å². The number of hydrogen-bond donors (Lipinski definition) is 0. The van der Waals surface area contributed by atoms with Crippen LogP contribution in [0.2, 0.25) is 0 Å². The largest absolute Gasteiger partial charge is 0.352 e. The van der Waals surface area contributed by atoms with Crippen LogP contribution in [0.5, 0.6) is 0 Å². The lowest BCUT2D eigenvalue weighted by atomic mass is 9.52. The van der Waals surface area contributed by atoms with Gasteiger partial charge in [-0.15, -0.1) is 0 Å². The van der Waals surface area contributed by atoms with Gasteiger partial charge in [0, 0.05) is 36.2 Å². The van der Waals surface area contributed by atoms with Gasteiger partial charge in [-0.3, -0.25) is 4.79 Å². The van der Waals surface area contributed by atoms with Crippen molar-refractivity contribution < 1.29 is 19.1 Å². The van der Waals surface area contributed by atoms with Crippen LogP contribution >= 0.6 is 0 Å². The summed E-state index contributed by atoms with van der Waals surface area (Å²) >= 11 is 0. The van der Waals surface area contributed by atoms with Crippen molar-refractivity contribution in [3.8, 4) is 0 Å². The fraction of sp³-hybridized carbons (Fsp3) is 0.867. The molecule has 106 valence electrons. The van der Waals surface area contributed by atoms with Gasteiger partial charge in [0.25, 0.3) is 0 Å². The summed E-state index contributed by atoms with van der Waals surface area (Å²) < 4.78 is 11.9. The Kier molecular flexibility index (Phi) is 2.88. The third-order valence-corrected chi connectivity index (χ3v) is 5.58. The highest BCUT2D eigenvalue weighted by Crippen LogP contribution is 2.62. The Labute approximate surface area is 113 Å². The average Bonchev–Trinajstić information content (AvgIpc) is 2.59. The molecule has 3 aliphatic rings. The van der Waals surface area contributed by atoms with Crippen LogP contribution in [0.15, 0.2) is 0 Å². The Bertz CT molecular complexity index is 416. The minimum Gasteiger partial charge on any atom is -0.352 e. The topological polar surface area (TPSA) is 52.6 Å². The van der Waals surface area contributed by atoms with E-state index in [-0.39, 0.29) is 35.2 Å². The molecule has 0 radical (unpaired) electrons. The van der Waals surface area contributed by atoms with Gasteiger partial charge in [-0.1, -0.05) is 6.92 Å². The number of carbonyl (C=O) groups is 2. The molecule has 1 saturated carbocycles. The van der Waals surface area contributed by atoms with Crippen molar-refractivity contribution in [2.45, 2.75) is 51.9 Å². The lowest BCUT2D eigenvalue weighted by molar-refractivity contribution is -0.224. The van der Waals surface area contributed by atoms with Gasteiger partial charge < -0.3 is 14.3 Å². The maximum Gasteiger partial charge on any atom is 0.164 e. The van der Waals surface area contributed by atoms with E-state index in [1.54, 1.807) is 0 Å². The second kappa shape index (κ2) is 4.13. The molecular formula is C15H22O4. The molecule has 2 saturated heterocycles. The highest BCUT2D eigenvalue weighted by Gasteiger charge is 2.68. The zero-order valence-electron chi connectivity index (χ0n) is 11.8. The van der Waals surface area contributed by atoms with E-state index in [2.05, 4.69) is 0 Å². The molecule has 3 fully saturated rings. The van der Waals surface area contributed by atoms with Crippen LogP contribution < -0.4 is 0 Å². The SMILES string of the molecule is C[C@H]1C(=O)C[C@H]2C(C)(C)O[C@@H]3OCCC[C@@]32[C@H]1C=O. The van der Waals surface area contributed by atoms with Gasteiger partial charge in [-0.25, -0.2) is 0 Å². The highest BCUT2D eigenvalue weighted by atomic mass is 16.7. The predicted molar refractivity (Wildman–Crippen MR) is 68.4 cm³/mol. The van der Waals surface area contributed by atoms with Crippen molar-refractivity contribution in [3.05, 3.63) is 0 Å². The lowest BCUT2D eigenvalue weighted by Crippen LogP contribution is -2.56. The number of rotatable bonds is 1. The molecule has 0 bridgehead atoms. The molecule has 0 unspecified atom stereocenters. The number of carbonyl (C=O) groups excluding carboxylic acids is 2. The molecule has 0 N–H and O–H groups in total. The van der Waals surface area contributed by atoms with E-state index < -0.39 is 5.60 Å². The molecular weight excluding hydrogens is 244 g/mol. The molecule has 0 aromatic rings. The molecule has 3 rings (SSSR count). The first kappa shape index (κ1) is 13.3. The van der Waals surface area contributed by atoms with Gasteiger partial charge in [0.15, 0.2) is 6.29 Å². The van der Waals surface area contributed by atoms with Gasteiger partial charge in [0.2, 0.25) is 0 Å². The monoisotopic (exact) mass is 266 g/mol. The van der Waals surface area contributed by atoms with Crippen LogP contribution in [0.25, 0.3) is 0 Å². The molecule has 19 heavy (non-hydrogen) atoms. The average molecular weight is 266 g/mol. The summed E-state index contributed by atoms with van der Waals surface area (Å²) in [5.74, 6) is -0.207. The van der Waals surface area contributed by atoms with Crippen LogP contribution in [0, 0.1) is 23.2 Å². The Morgan fingerprint density at radius 2 is 2.11 bits per heavy atom. The Balaban J connectivity index is 2.10. The van der Waals surface area contributed by atoms with Gasteiger partial charge in [0.1, 0.15) is 12.1 Å². The fourth-order valence-corrected chi connectivity index (χ4v) is 4.62. The zero-order valence-corrected chi connectivity index (χ0v) is 11.8. The van der Waals surface area contributed by atoms with Crippen LogP contribution in [0.1, 0.15) is 40.0 Å². The van der Waals surface area contributed by atoms with Crippen LogP contribution in [-0.4, -0.2) is 30.6 Å². The summed E-state index contributed by atoms with van der Waals surface area (Å²) in [5.41, 5.74) is -0.692. The van der Waals surface area contributed by atoms with E-state index in [1.807, 2.05) is 20.8 Å². The Morgan fingerprint density at radius 3 is 2.79 bits per heavy atom. The van der Waals surface area contributed by atoms with E-state index in [1.165, 1.54) is 0 Å². The summed E-state index contributed by atoms with van der Waals surface area (Å²) in [4.78, 5) is 23.9. The molecule has 0 aromatic carbocycles. The van der Waals surface area contributed by atoms with Crippen molar-refractivity contribution in [2.24, 2.45) is 23.2 Å². The maximum atomic E-state index is 12.2. The number of ether oxygens (including phenoxy) is 2. The first-order valence-corrected chi connectivity index (χ1v) is 7.21. The molecule has 0 aromatic heterocycles. The van der Waals surface area contributed by atoms with E-state index in [9.17, 15) is 9.59 Å². The molecule has 4 nitrogen and oxygen atoms in total. The van der Waals surface area contributed by atoms with Crippen LogP contribution in [-0.2, 0) is 19.1 Å². The summed E-state index contributed by atoms with van der Waals surface area (Å²) in [5, 5.41) is 0. The van der Waals surface area contributed by atoms with Gasteiger partial charge in [0.05, 0.1) is 5.60 Å². The van der Waals surface area contributed by atoms with Crippen LogP contribution in [0.3, 0.4) is 0 Å². The molecule has 1 spiro atoms. The minimum atomic E-state index is -0.397. The first-order valence-electron chi connectivity index (χ1n) is 7.21. The maximum absolute atomic E-state index is 12.2. The molecule has 4 heteroatoms. The van der Waals surface area contributed by atoms with Gasteiger partial charge >= 0.3 is 0 Å². The number of hydrogen-bond acceptors (Lipinski definition) is 4. The molecule has 5 atom stereocenters. The molecule has 1 aliphatic carbocycles. The second-order valence-electron chi connectivity index (χ2n) is 6.81. The summed E-state index contributed by atoms with van der Waals surface area (Å²) in [7, 11) is 0. The van der Waals surface area contributed by atoms with Gasteiger partial charge in [-0.05, 0) is 26.7 Å². The Morgan fingerprint density at radius 1 is 1.37 bits per heavy atom. The van der Waals surface area contributed by atoms with E-state index in [4.69, 9.17) is 9.47 Å². The fourth-order valence-electron chi connectivity index (χ4n) is 4.62. The van der Waals surface area contributed by atoms with Crippen LogP contribution in [0.4, 0.5) is 0 Å². The molecule has 2 heterocycles. The van der Waals surface area contributed by atoms with E-state index in [0.29, 0.717) is 13.0 Å². The normalized spacial score (nSPS) is 48.5. The predicted octanol–water partition coefficient (Wildman–Crippen LogP) is 1.96. The highest BCUT2D eigenvalue weighted by molar-refractivity contribution is 5.86. The second-order valence-corrected chi connectivity index (χ2v) is 6.81. The van der Waals surface area contributed by atoms with Crippen molar-refractivity contribution in [1.82, 2.24) is 0 Å². The third-order valence-electron chi connectivity index (χ3n) is 5.58. The zero-order chi connectivity index (χ0) is 13.8. The van der Waals surface area contributed by atoms with E-state index >= 15 is 0 Å². The lowest BCUT2D eigenvalue weighted by Gasteiger charge is -2.50. The first-order chi connectivity index (χ1) is 8.93. The minimum absolute atomic E-state index is 0.0872. The van der Waals surface area contributed by atoms with E-state index in [0.717, 1.165) is 19.1 Å². The van der Waals surface area contributed by atoms with Gasteiger partial charge in [-0.2, -0.15) is 0 Å². The molecule has 0 amide bonds. The van der Waals surface area contributed by atoms with Crippen molar-refractivity contribution in [1.29, 1.82) is 0 Å². The smallest absolute Gasteiger partial charge is 0.164 e. The summed E-state index contributed by atoms with van der Waals surface area (Å²) in [6, 6.07) is 0. The summed E-state index contributed by atoms with van der Waals surface area (Å²) in [6.45, 7) is 6.60. The quantitative estimate of drug-likeness (QED) is 0.681. The number of ketones is 1. The molecule has 2 aliphatic heterocycles. The Hall–Kier alpha value is -0.740. The standard InChI is InChI=1S/C15H22O4/c1-9-10(8-16)15-5-4-6-18-13(15)19-14(2,3)12(15)7-11(9)17/h8-10,12-13H,4-7H2,1-3H3/t9-,10+,12+,13+,15+/m1/s1. The third kappa shape index (κ3) is 1.59. The number of aldehydes is 1. The van der Waals surface area contributed by atoms with Crippen molar-refractivity contribution in [2.75, 3.05) is 6.61 Å².